The van der Waals surface area contributed by atoms with E-state index in [-0.39, 0.29) is 17.0 Å². The van der Waals surface area contributed by atoms with E-state index in [1.54, 1.807) is 0 Å². The zero-order valence-electron chi connectivity index (χ0n) is 17.9. The Kier molecular flexibility index (Phi) is 8.67. The monoisotopic (exact) mass is 577 g/mol. The van der Waals surface area contributed by atoms with E-state index >= 15 is 0 Å². The van der Waals surface area contributed by atoms with Crippen LogP contribution >= 0.6 is 23.2 Å². The van der Waals surface area contributed by atoms with Gasteiger partial charge < -0.3 is 40.5 Å². The summed E-state index contributed by atoms with van der Waals surface area (Å²) in [6.45, 7) is -0.957. The lowest BCUT2D eigenvalue weighted by Gasteiger charge is -2.20. The molecule has 3 heterocycles. The van der Waals surface area contributed by atoms with Crippen molar-refractivity contribution in [1.82, 2.24) is 19.5 Å². The van der Waals surface area contributed by atoms with Crippen LogP contribution in [-0.4, -0.2) is 86.6 Å². The number of phosphoric ester groups is 1. The number of imidazole rings is 1. The fourth-order valence-electron chi connectivity index (χ4n) is 3.12. The van der Waals surface area contributed by atoms with E-state index in [9.17, 15) is 43.4 Å². The number of hydrogen-bond donors (Lipinski definition) is 7. The Bertz CT molecular complexity index is 1260. The molecule has 1 saturated heterocycles. The van der Waals surface area contributed by atoms with Crippen molar-refractivity contribution in [3.8, 4) is 0 Å². The molecule has 1 fully saturated rings. The van der Waals surface area contributed by atoms with Crippen LogP contribution in [0.3, 0.4) is 0 Å². The Morgan fingerprint density at radius 3 is 2.44 bits per heavy atom. The molecule has 2 aromatic heterocycles. The van der Waals surface area contributed by atoms with Crippen LogP contribution in [0.25, 0.3) is 11.2 Å². The van der Waals surface area contributed by atoms with Gasteiger partial charge in [0.1, 0.15) is 30.2 Å². The number of carbonyl (C=O) groups is 1. The van der Waals surface area contributed by atoms with Crippen molar-refractivity contribution in [2.45, 2.75) is 37.4 Å². The normalized spacial score (nSPS) is 27.4. The summed E-state index contributed by atoms with van der Waals surface area (Å²) in [4.78, 5) is 51.0. The Labute approximate surface area is 201 Å². The maximum absolute atomic E-state index is 12.1. The van der Waals surface area contributed by atoms with E-state index in [0.29, 0.717) is 0 Å². The summed E-state index contributed by atoms with van der Waals surface area (Å²) < 4.78 is 55.0. The second kappa shape index (κ2) is 10.9. The van der Waals surface area contributed by atoms with Crippen molar-refractivity contribution in [3.05, 3.63) is 12.7 Å². The number of nitrogen functional groups attached to an aromatic ring is 1. The molecule has 0 radical (unpaired) electrons. The Morgan fingerprint density at radius 1 is 1.08 bits per heavy atom. The van der Waals surface area contributed by atoms with Crippen LogP contribution in [0.5, 0.6) is 0 Å². The molecule has 0 saturated carbocycles. The van der Waals surface area contributed by atoms with Gasteiger partial charge >= 0.3 is 29.2 Å². The predicted octanol–water partition coefficient (Wildman–Crippen LogP) is -0.672. The topological polar surface area (TPSA) is 296 Å². The molecule has 4 unspecified atom stereocenters. The zero-order valence-corrected chi connectivity index (χ0v) is 20.6. The Morgan fingerprint density at radius 2 is 1.78 bits per heavy atom. The largest absolute Gasteiger partial charge is 0.488 e. The van der Waals surface area contributed by atoms with Gasteiger partial charge in [0.15, 0.2) is 17.7 Å². The lowest BCUT2D eigenvalue weighted by molar-refractivity contribution is -0.137. The number of ether oxygens (including phenoxy) is 1. The van der Waals surface area contributed by atoms with E-state index in [1.165, 1.54) is 10.9 Å². The first-order chi connectivity index (χ1) is 16.6. The third kappa shape index (κ3) is 7.13. The molecule has 8 N–H and O–H groups in total. The van der Waals surface area contributed by atoms with Crippen LogP contribution in [-0.2, 0) is 36.4 Å². The summed E-state index contributed by atoms with van der Waals surface area (Å²) in [5.74, 6) is -1.26. The summed E-state index contributed by atoms with van der Waals surface area (Å²) in [5, 5.41) is 29.1. The summed E-state index contributed by atoms with van der Waals surface area (Å²) in [6, 6.07) is 0. The third-order valence-corrected chi connectivity index (χ3v) is 9.52. The lowest BCUT2D eigenvalue weighted by atomic mass is 10.1. The van der Waals surface area contributed by atoms with Gasteiger partial charge in [-0.1, -0.05) is 0 Å². The average molecular weight is 577 g/mol. The van der Waals surface area contributed by atoms with Gasteiger partial charge in [0.05, 0.1) is 19.1 Å². The average Bonchev–Trinajstić information content (AvgIpc) is 3.27. The quantitative estimate of drug-likeness (QED) is 0.154. The van der Waals surface area contributed by atoms with E-state index in [1.807, 2.05) is 0 Å². The van der Waals surface area contributed by atoms with Crippen LogP contribution in [0.4, 0.5) is 5.82 Å². The molecule has 202 valence electrons. The van der Waals surface area contributed by atoms with Gasteiger partial charge in [-0.15, -0.1) is 0 Å². The second-order valence-electron chi connectivity index (χ2n) is 7.38. The van der Waals surface area contributed by atoms with E-state index in [4.69, 9.17) is 15.6 Å². The van der Waals surface area contributed by atoms with E-state index < -0.39 is 79.4 Å². The van der Waals surface area contributed by atoms with Crippen molar-refractivity contribution in [1.29, 1.82) is 0 Å². The van der Waals surface area contributed by atoms with Crippen LogP contribution in [0.2, 0.25) is 0 Å². The molecule has 2 aromatic rings. The molecule has 36 heavy (non-hydrogen) atoms. The molecular formula is C14H22N5O14P3. The number of phosphoric acid groups is 2. The van der Waals surface area contributed by atoms with Gasteiger partial charge in [-0.25, -0.2) is 28.4 Å². The summed E-state index contributed by atoms with van der Waals surface area (Å²) in [6.07, 6.45) is -5.54. The van der Waals surface area contributed by atoms with Gasteiger partial charge in [-0.2, -0.15) is 4.31 Å². The number of fused-ring (bicyclic) bond motifs is 1. The third-order valence-electron chi connectivity index (χ3n) is 4.67. The minimum atomic E-state index is -5.66. The van der Waals surface area contributed by atoms with Crippen molar-refractivity contribution in [2.75, 3.05) is 18.5 Å². The summed E-state index contributed by atoms with van der Waals surface area (Å²) >= 11 is 0. The molecule has 0 aliphatic carbocycles. The van der Waals surface area contributed by atoms with Gasteiger partial charge in [0, 0.05) is 6.42 Å². The highest BCUT2D eigenvalue weighted by Crippen LogP contribution is 2.67. The number of anilines is 1. The van der Waals surface area contributed by atoms with Gasteiger partial charge in [-0.05, 0) is 6.42 Å². The Balaban J connectivity index is 1.61. The first-order valence-corrected chi connectivity index (χ1v) is 14.6. The lowest BCUT2D eigenvalue weighted by Crippen LogP contribution is -2.33. The van der Waals surface area contributed by atoms with E-state index in [0.717, 1.165) is 6.33 Å². The van der Waals surface area contributed by atoms with Crippen molar-refractivity contribution in [2.24, 2.45) is 0 Å². The number of hydrogen-bond acceptors (Lipinski definition) is 14. The van der Waals surface area contributed by atoms with Crippen LogP contribution in [0, 0.1) is 0 Å². The molecule has 1 aliphatic heterocycles. The first-order valence-electron chi connectivity index (χ1n) is 9.82. The highest BCUT2D eigenvalue weighted by atomic mass is 31.3. The number of nitrogens with zero attached hydrogens (tertiary/aromatic N) is 4. The first kappa shape index (κ1) is 28.7. The zero-order chi connectivity index (χ0) is 26.9. The molecule has 0 aromatic carbocycles. The molecule has 7 atom stereocenters. The van der Waals surface area contributed by atoms with Crippen molar-refractivity contribution in [3.63, 3.8) is 0 Å². The van der Waals surface area contributed by atoms with Crippen LogP contribution in [0.15, 0.2) is 12.7 Å². The van der Waals surface area contributed by atoms with Gasteiger partial charge in [-0.3, -0.25) is 18.5 Å². The Hall–Kier alpha value is -1.85. The highest BCUT2D eigenvalue weighted by molar-refractivity contribution is 7.68. The van der Waals surface area contributed by atoms with Crippen molar-refractivity contribution < 1.29 is 66.4 Å². The number of rotatable bonds is 12. The number of aliphatic hydroxyl groups is 2. The fourth-order valence-corrected chi connectivity index (χ4v) is 7.25. The maximum atomic E-state index is 12.1. The van der Waals surface area contributed by atoms with Crippen LogP contribution < -0.4 is 5.73 Å². The van der Waals surface area contributed by atoms with Crippen LogP contribution in [0.1, 0.15) is 19.1 Å². The maximum Gasteiger partial charge on any atom is 0.488 e. The van der Waals surface area contributed by atoms with Gasteiger partial charge in [0.25, 0.3) is 0 Å². The number of carboxylic acid groups (broad SMARTS) is 1. The minimum Gasteiger partial charge on any atom is -0.481 e. The smallest absolute Gasteiger partial charge is 0.481 e. The highest BCUT2D eigenvalue weighted by Gasteiger charge is 2.47. The molecule has 0 spiro atoms. The number of carboxylic acids is 1. The number of nitrogens with two attached hydrogens (primary N) is 1. The molecule has 0 amide bonds. The SMILES string of the molecule is Nc1ncnc2c1ncn2[C@@H]1O[C@H](COP(=O)(O)OP(=O)(O)OP(=O)(O)CCCC(=O)O)C(O)[C@@H]1O. The molecule has 0 bridgehead atoms. The summed E-state index contributed by atoms with van der Waals surface area (Å²) in [7, 11) is -16.0. The molecule has 22 heteroatoms. The summed E-state index contributed by atoms with van der Waals surface area (Å²) in [5.41, 5.74) is 6.02. The van der Waals surface area contributed by atoms with Gasteiger partial charge in [0.2, 0.25) is 0 Å². The molecule has 1 aliphatic rings. The standard InChI is InChI=1S/C14H22N5O14P3/c15-12-9-13(17-5-16-12)19(6-18-9)14-11(23)10(22)7(31-14)4-30-35(26,27)33-36(28,29)32-34(24,25)3-1-2-8(20)21/h5-7,10-11,14,22-23H,1-4H2,(H,20,21)(H,24,25)(H,26,27)(H,28,29)(H2,15,16,17)/t7-,10?,11+,14-/m1/s1. The van der Waals surface area contributed by atoms with E-state index in [2.05, 4.69) is 28.1 Å². The molecular weight excluding hydrogens is 555 g/mol. The fraction of sp³-hybridized carbons (Fsp3) is 0.571. The number of aliphatic hydroxyl groups excluding tert-OH is 2. The molecule has 19 nitrogen and oxygen atoms in total. The predicted molar refractivity (Wildman–Crippen MR) is 115 cm³/mol. The molecule has 3 rings (SSSR count). The number of aliphatic carboxylic acids is 1. The minimum absolute atomic E-state index is 0.0370. The van der Waals surface area contributed by atoms with Crippen molar-refractivity contribution >= 4 is 46.2 Å². The second-order valence-corrected chi connectivity index (χ2v) is 12.5. The number of aromatic nitrogens is 4.